The van der Waals surface area contributed by atoms with Gasteiger partial charge in [-0.05, 0) is 44.6 Å². The molecular formula is C14H26N4. The molecule has 1 atom stereocenters. The van der Waals surface area contributed by atoms with Crippen LogP contribution in [-0.2, 0) is 6.54 Å². The molecule has 18 heavy (non-hydrogen) atoms. The maximum Gasteiger partial charge on any atom is 0.0657 e. The molecule has 2 rings (SSSR count). The molecule has 3 N–H and O–H groups in total. The number of hydrogen-bond acceptors (Lipinski definition) is 3. The van der Waals surface area contributed by atoms with Gasteiger partial charge in [0.15, 0.2) is 0 Å². The van der Waals surface area contributed by atoms with Crippen LogP contribution in [0.2, 0.25) is 0 Å². The summed E-state index contributed by atoms with van der Waals surface area (Å²) in [6.07, 6.45) is 5.18. The van der Waals surface area contributed by atoms with Crippen molar-refractivity contribution in [1.82, 2.24) is 15.2 Å². The molecule has 0 bridgehead atoms. The van der Waals surface area contributed by atoms with Gasteiger partial charge in [0.25, 0.3) is 0 Å². The fourth-order valence-corrected chi connectivity index (χ4v) is 3.15. The summed E-state index contributed by atoms with van der Waals surface area (Å²) in [5, 5.41) is 4.53. The topological polar surface area (TPSA) is 55.9 Å². The van der Waals surface area contributed by atoms with Gasteiger partial charge in [-0.25, -0.2) is 0 Å². The highest BCUT2D eigenvalue weighted by Crippen LogP contribution is 2.36. The lowest BCUT2D eigenvalue weighted by Crippen LogP contribution is -2.36. The highest BCUT2D eigenvalue weighted by molar-refractivity contribution is 5.14. The van der Waals surface area contributed by atoms with E-state index in [0.29, 0.717) is 5.92 Å². The zero-order chi connectivity index (χ0) is 13.1. The zero-order valence-corrected chi connectivity index (χ0v) is 11.8. The third kappa shape index (κ3) is 2.75. The molecule has 1 unspecified atom stereocenters. The minimum absolute atomic E-state index is 0.249. The van der Waals surface area contributed by atoms with Crippen molar-refractivity contribution < 1.29 is 0 Å². The minimum atomic E-state index is 0.249. The van der Waals surface area contributed by atoms with Gasteiger partial charge in [-0.15, -0.1) is 0 Å². The Balaban J connectivity index is 2.16. The van der Waals surface area contributed by atoms with E-state index >= 15 is 0 Å². The number of nitrogens with zero attached hydrogens (tertiary/aromatic N) is 2. The second kappa shape index (κ2) is 5.85. The van der Waals surface area contributed by atoms with Crippen molar-refractivity contribution in [1.29, 1.82) is 0 Å². The van der Waals surface area contributed by atoms with Crippen molar-refractivity contribution in [2.75, 3.05) is 0 Å². The van der Waals surface area contributed by atoms with Crippen LogP contribution in [0.3, 0.4) is 0 Å². The standard InChI is InChI=1S/C14H26N4/c1-4-18-13(9-11(3)17-18)14(16-15)12-7-5-10(2)6-8-12/h9-10,12,14,16H,4-8,15H2,1-3H3. The van der Waals surface area contributed by atoms with E-state index in [9.17, 15) is 0 Å². The molecule has 1 heterocycles. The third-order valence-electron chi connectivity index (χ3n) is 4.26. The van der Waals surface area contributed by atoms with Crippen LogP contribution in [0.5, 0.6) is 0 Å². The molecule has 1 aromatic heterocycles. The van der Waals surface area contributed by atoms with E-state index in [0.717, 1.165) is 18.2 Å². The summed E-state index contributed by atoms with van der Waals surface area (Å²) in [4.78, 5) is 0. The Bertz CT molecular complexity index is 377. The maximum atomic E-state index is 5.81. The highest BCUT2D eigenvalue weighted by atomic mass is 15.3. The summed E-state index contributed by atoms with van der Waals surface area (Å²) in [5.74, 6) is 7.33. The number of hydrazine groups is 1. The van der Waals surface area contributed by atoms with E-state index in [1.807, 2.05) is 6.92 Å². The van der Waals surface area contributed by atoms with Crippen LogP contribution in [0.15, 0.2) is 6.07 Å². The van der Waals surface area contributed by atoms with E-state index in [4.69, 9.17) is 5.84 Å². The molecule has 0 aromatic carbocycles. The van der Waals surface area contributed by atoms with Crippen LogP contribution >= 0.6 is 0 Å². The van der Waals surface area contributed by atoms with Crippen molar-refractivity contribution in [3.63, 3.8) is 0 Å². The first-order valence-electron chi connectivity index (χ1n) is 7.16. The Hall–Kier alpha value is -0.870. The smallest absolute Gasteiger partial charge is 0.0657 e. The van der Waals surface area contributed by atoms with Gasteiger partial charge in [-0.1, -0.05) is 19.8 Å². The molecule has 4 nitrogen and oxygen atoms in total. The van der Waals surface area contributed by atoms with Gasteiger partial charge >= 0.3 is 0 Å². The molecule has 4 heteroatoms. The number of aromatic nitrogens is 2. The summed E-state index contributed by atoms with van der Waals surface area (Å²) in [5.41, 5.74) is 5.36. The molecule has 0 amide bonds. The van der Waals surface area contributed by atoms with Gasteiger partial charge in [-0.3, -0.25) is 16.0 Å². The molecule has 0 saturated heterocycles. The number of hydrogen-bond donors (Lipinski definition) is 2. The van der Waals surface area contributed by atoms with Crippen LogP contribution in [0, 0.1) is 18.8 Å². The minimum Gasteiger partial charge on any atom is -0.271 e. The molecule has 1 aromatic rings. The van der Waals surface area contributed by atoms with Crippen LogP contribution in [-0.4, -0.2) is 9.78 Å². The molecule has 0 radical (unpaired) electrons. The van der Waals surface area contributed by atoms with Crippen molar-refractivity contribution in [2.24, 2.45) is 17.7 Å². The first-order chi connectivity index (χ1) is 8.65. The van der Waals surface area contributed by atoms with Gasteiger partial charge in [0.05, 0.1) is 17.4 Å². The van der Waals surface area contributed by atoms with E-state index in [1.54, 1.807) is 0 Å². The Labute approximate surface area is 110 Å². The zero-order valence-electron chi connectivity index (χ0n) is 11.8. The van der Waals surface area contributed by atoms with Crippen molar-refractivity contribution >= 4 is 0 Å². The fourth-order valence-electron chi connectivity index (χ4n) is 3.15. The largest absolute Gasteiger partial charge is 0.271 e. The average Bonchev–Trinajstić information content (AvgIpc) is 2.74. The van der Waals surface area contributed by atoms with Gasteiger partial charge in [-0.2, -0.15) is 5.10 Å². The van der Waals surface area contributed by atoms with Gasteiger partial charge < -0.3 is 0 Å². The predicted molar refractivity (Wildman–Crippen MR) is 73.8 cm³/mol. The Morgan fingerprint density at radius 1 is 1.44 bits per heavy atom. The first kappa shape index (κ1) is 13.6. The second-order valence-corrected chi connectivity index (χ2v) is 5.69. The van der Waals surface area contributed by atoms with E-state index in [-0.39, 0.29) is 6.04 Å². The van der Waals surface area contributed by atoms with Gasteiger partial charge in [0, 0.05) is 6.54 Å². The van der Waals surface area contributed by atoms with Crippen LogP contribution in [0.25, 0.3) is 0 Å². The molecule has 102 valence electrons. The van der Waals surface area contributed by atoms with E-state index < -0.39 is 0 Å². The number of nitrogens with two attached hydrogens (primary N) is 1. The van der Waals surface area contributed by atoms with Gasteiger partial charge in [0.1, 0.15) is 0 Å². The SMILES string of the molecule is CCn1nc(C)cc1C(NN)C1CCC(C)CC1. The lowest BCUT2D eigenvalue weighted by atomic mass is 9.78. The van der Waals surface area contributed by atoms with Crippen molar-refractivity contribution in [3.05, 3.63) is 17.5 Å². The van der Waals surface area contributed by atoms with Gasteiger partial charge in [0.2, 0.25) is 0 Å². The lowest BCUT2D eigenvalue weighted by molar-refractivity contribution is 0.225. The first-order valence-corrected chi connectivity index (χ1v) is 7.16. The lowest BCUT2D eigenvalue weighted by Gasteiger charge is -2.32. The Kier molecular flexibility index (Phi) is 4.40. The van der Waals surface area contributed by atoms with Crippen molar-refractivity contribution in [2.45, 2.75) is 59.0 Å². The van der Waals surface area contributed by atoms with Crippen LogP contribution in [0.4, 0.5) is 0 Å². The molecule has 0 spiro atoms. The average molecular weight is 250 g/mol. The second-order valence-electron chi connectivity index (χ2n) is 5.69. The molecule has 1 aliphatic rings. The highest BCUT2D eigenvalue weighted by Gasteiger charge is 2.28. The molecule has 1 saturated carbocycles. The molecular weight excluding hydrogens is 224 g/mol. The quantitative estimate of drug-likeness (QED) is 0.638. The third-order valence-corrected chi connectivity index (χ3v) is 4.26. The predicted octanol–water partition coefficient (Wildman–Crippen LogP) is 2.54. The van der Waals surface area contributed by atoms with Crippen LogP contribution < -0.4 is 11.3 Å². The summed E-state index contributed by atoms with van der Waals surface area (Å²) in [7, 11) is 0. The van der Waals surface area contributed by atoms with E-state index in [2.05, 4.69) is 35.1 Å². The summed E-state index contributed by atoms with van der Waals surface area (Å²) in [6, 6.07) is 2.42. The summed E-state index contributed by atoms with van der Waals surface area (Å²) in [6.45, 7) is 7.44. The fraction of sp³-hybridized carbons (Fsp3) is 0.786. The van der Waals surface area contributed by atoms with Crippen molar-refractivity contribution in [3.8, 4) is 0 Å². The molecule has 0 aliphatic heterocycles. The number of nitrogens with one attached hydrogen (secondary N) is 1. The molecule has 1 aliphatic carbocycles. The number of rotatable bonds is 4. The van der Waals surface area contributed by atoms with E-state index in [1.165, 1.54) is 31.4 Å². The normalized spacial score (nSPS) is 26.2. The summed E-state index contributed by atoms with van der Waals surface area (Å²) >= 11 is 0. The molecule has 1 fully saturated rings. The Morgan fingerprint density at radius 3 is 2.67 bits per heavy atom. The Morgan fingerprint density at radius 2 is 2.11 bits per heavy atom. The number of aryl methyl sites for hydroxylation is 2. The van der Waals surface area contributed by atoms with Crippen LogP contribution in [0.1, 0.15) is 57.0 Å². The monoisotopic (exact) mass is 250 g/mol. The maximum absolute atomic E-state index is 5.81. The summed E-state index contributed by atoms with van der Waals surface area (Å²) < 4.78 is 2.08.